The lowest BCUT2D eigenvalue weighted by Crippen LogP contribution is -2.42. The topological polar surface area (TPSA) is 82.6 Å². The second-order valence-corrected chi connectivity index (χ2v) is 10.4. The summed E-state index contributed by atoms with van der Waals surface area (Å²) in [7, 11) is 5.88. The number of aromatic nitrogens is 2. The van der Waals surface area contributed by atoms with Gasteiger partial charge in [-0.3, -0.25) is 4.79 Å². The number of thiophene rings is 1. The molecule has 2 aromatic heterocycles. The summed E-state index contributed by atoms with van der Waals surface area (Å²) in [5.74, 6) is 0.811. The predicted molar refractivity (Wildman–Crippen MR) is 157 cm³/mol. The summed E-state index contributed by atoms with van der Waals surface area (Å²) < 4.78 is 6.98. The lowest BCUT2D eigenvalue weighted by molar-refractivity contribution is -0.111. The number of methoxy groups -OCH3 is 1. The van der Waals surface area contributed by atoms with Crippen molar-refractivity contribution in [2.45, 2.75) is 18.9 Å². The van der Waals surface area contributed by atoms with Crippen molar-refractivity contribution >= 4 is 50.3 Å². The van der Waals surface area contributed by atoms with Crippen LogP contribution < -0.4 is 20.3 Å². The number of hydrogen-bond acceptors (Lipinski definition) is 8. The zero-order chi connectivity index (χ0) is 26.6. The first-order chi connectivity index (χ1) is 18.5. The molecule has 0 radical (unpaired) electrons. The van der Waals surface area contributed by atoms with Crippen molar-refractivity contribution in [3.05, 3.63) is 66.7 Å². The van der Waals surface area contributed by atoms with E-state index in [1.807, 2.05) is 30.3 Å². The van der Waals surface area contributed by atoms with Gasteiger partial charge >= 0.3 is 0 Å². The molecule has 0 bridgehead atoms. The number of nitrogens with one attached hydrogen (secondary N) is 2. The lowest BCUT2D eigenvalue weighted by Gasteiger charge is -2.37. The van der Waals surface area contributed by atoms with Crippen LogP contribution in [0, 0.1) is 0 Å². The van der Waals surface area contributed by atoms with Gasteiger partial charge in [0.25, 0.3) is 0 Å². The summed E-state index contributed by atoms with van der Waals surface area (Å²) in [5, 5.41) is 9.57. The van der Waals surface area contributed by atoms with Gasteiger partial charge in [0, 0.05) is 52.4 Å². The van der Waals surface area contributed by atoms with E-state index in [4.69, 9.17) is 9.72 Å². The van der Waals surface area contributed by atoms with Gasteiger partial charge in [-0.1, -0.05) is 24.8 Å². The summed E-state index contributed by atoms with van der Waals surface area (Å²) in [5.41, 5.74) is 4.16. The molecule has 4 aromatic rings. The second-order valence-electron chi connectivity index (χ2n) is 9.48. The van der Waals surface area contributed by atoms with Gasteiger partial charge < -0.3 is 25.2 Å². The Morgan fingerprint density at radius 1 is 1.18 bits per heavy atom. The quantitative estimate of drug-likeness (QED) is 0.281. The average molecular weight is 529 g/mol. The Morgan fingerprint density at radius 3 is 2.71 bits per heavy atom. The monoisotopic (exact) mass is 528 g/mol. The van der Waals surface area contributed by atoms with E-state index in [2.05, 4.69) is 63.6 Å². The van der Waals surface area contributed by atoms with Crippen molar-refractivity contribution in [1.29, 1.82) is 0 Å². The molecule has 2 aromatic carbocycles. The first-order valence-corrected chi connectivity index (χ1v) is 13.5. The molecule has 0 spiro atoms. The third-order valence-electron chi connectivity index (χ3n) is 6.96. The van der Waals surface area contributed by atoms with Gasteiger partial charge in [0.15, 0.2) is 0 Å². The standard InChI is InChI=1S/C29H32N6O2S/c1-5-28(36)31-23-16-24(26(37-4)17-25(23)35-14-11-19(12-15-35)34(2)3)33-29-30-13-10-22(32-29)21-18-38-27-9-7-6-8-20(21)27/h5-10,13,16-19H,1,11-12,14-15H2,2-4H3,(H,31,36)(H,30,32,33). The lowest BCUT2D eigenvalue weighted by atomic mass is 10.0. The average Bonchev–Trinajstić information content (AvgIpc) is 3.38. The van der Waals surface area contributed by atoms with Crippen molar-refractivity contribution in [2.75, 3.05) is 49.8 Å². The normalized spacial score (nSPS) is 14.1. The van der Waals surface area contributed by atoms with E-state index >= 15 is 0 Å². The molecule has 1 fully saturated rings. The van der Waals surface area contributed by atoms with Crippen LogP contribution in [0.2, 0.25) is 0 Å². The van der Waals surface area contributed by atoms with Crippen LogP contribution in [-0.4, -0.2) is 61.1 Å². The van der Waals surface area contributed by atoms with E-state index in [9.17, 15) is 4.79 Å². The minimum absolute atomic E-state index is 0.270. The molecule has 2 N–H and O–H groups in total. The fourth-order valence-corrected chi connectivity index (χ4v) is 5.82. The van der Waals surface area contributed by atoms with Crippen LogP contribution in [0.15, 0.2) is 66.7 Å². The minimum Gasteiger partial charge on any atom is -0.494 e. The van der Waals surface area contributed by atoms with Gasteiger partial charge in [-0.05, 0) is 51.2 Å². The molecule has 38 heavy (non-hydrogen) atoms. The highest BCUT2D eigenvalue weighted by Gasteiger charge is 2.24. The van der Waals surface area contributed by atoms with Gasteiger partial charge in [0.05, 0.1) is 29.9 Å². The van der Waals surface area contributed by atoms with Gasteiger partial charge in [-0.15, -0.1) is 11.3 Å². The minimum atomic E-state index is -0.270. The molecule has 1 aliphatic heterocycles. The smallest absolute Gasteiger partial charge is 0.247 e. The van der Waals surface area contributed by atoms with Crippen LogP contribution >= 0.6 is 11.3 Å². The highest BCUT2D eigenvalue weighted by atomic mass is 32.1. The third kappa shape index (κ3) is 5.34. The van der Waals surface area contributed by atoms with Crippen LogP contribution in [0.25, 0.3) is 21.3 Å². The predicted octanol–water partition coefficient (Wildman–Crippen LogP) is 5.77. The summed E-state index contributed by atoms with van der Waals surface area (Å²) in [6, 6.07) is 14.6. The molecule has 0 aliphatic carbocycles. The van der Waals surface area contributed by atoms with Crippen LogP contribution in [0.5, 0.6) is 5.75 Å². The Morgan fingerprint density at radius 2 is 1.97 bits per heavy atom. The van der Waals surface area contributed by atoms with Gasteiger partial charge in [0.1, 0.15) is 5.75 Å². The highest BCUT2D eigenvalue weighted by molar-refractivity contribution is 7.17. The summed E-state index contributed by atoms with van der Waals surface area (Å²) in [6.45, 7) is 5.39. The fourth-order valence-electron chi connectivity index (χ4n) is 4.87. The van der Waals surface area contributed by atoms with Gasteiger partial charge in [0.2, 0.25) is 11.9 Å². The number of amides is 1. The number of hydrogen-bond donors (Lipinski definition) is 2. The number of carbonyl (C=O) groups is 1. The number of rotatable bonds is 8. The molecule has 0 unspecified atom stereocenters. The largest absolute Gasteiger partial charge is 0.494 e. The number of nitrogens with zero attached hydrogens (tertiary/aromatic N) is 4. The Labute approximate surface area is 227 Å². The Hall–Kier alpha value is -3.95. The molecular formula is C29H32N6O2S. The molecule has 1 amide bonds. The zero-order valence-corrected chi connectivity index (χ0v) is 22.7. The van der Waals surface area contributed by atoms with Crippen LogP contribution in [0.4, 0.5) is 23.0 Å². The number of benzene rings is 2. The number of anilines is 4. The van der Waals surface area contributed by atoms with E-state index in [0.717, 1.165) is 48.3 Å². The SMILES string of the molecule is C=CC(=O)Nc1cc(Nc2nccc(-c3csc4ccccc34)n2)c(OC)cc1N1CCC(N(C)C)CC1. The summed E-state index contributed by atoms with van der Waals surface area (Å²) in [4.78, 5) is 26.1. The van der Waals surface area contributed by atoms with Gasteiger partial charge in [-0.25, -0.2) is 9.97 Å². The van der Waals surface area contributed by atoms with Crippen molar-refractivity contribution in [3.8, 4) is 17.0 Å². The molecule has 1 saturated heterocycles. The maximum Gasteiger partial charge on any atom is 0.247 e. The molecular weight excluding hydrogens is 496 g/mol. The highest BCUT2D eigenvalue weighted by Crippen LogP contribution is 2.40. The maximum absolute atomic E-state index is 12.3. The Kier molecular flexibility index (Phi) is 7.57. The molecule has 9 heteroatoms. The molecule has 0 saturated carbocycles. The molecule has 1 aliphatic rings. The Bertz CT molecular complexity index is 1460. The van der Waals surface area contributed by atoms with Crippen LogP contribution in [-0.2, 0) is 4.79 Å². The van der Waals surface area contributed by atoms with E-state index < -0.39 is 0 Å². The Balaban J connectivity index is 1.47. The second kappa shape index (κ2) is 11.2. The number of carbonyl (C=O) groups excluding carboxylic acids is 1. The molecule has 5 rings (SSSR count). The maximum atomic E-state index is 12.3. The molecule has 8 nitrogen and oxygen atoms in total. The van der Waals surface area contributed by atoms with Crippen LogP contribution in [0.3, 0.4) is 0 Å². The molecule has 0 atom stereocenters. The van der Waals surface area contributed by atoms with Crippen molar-refractivity contribution in [3.63, 3.8) is 0 Å². The third-order valence-corrected chi connectivity index (χ3v) is 7.92. The van der Waals surface area contributed by atoms with Crippen molar-refractivity contribution in [2.24, 2.45) is 0 Å². The van der Waals surface area contributed by atoms with E-state index in [0.29, 0.717) is 29.1 Å². The number of fused-ring (bicyclic) bond motifs is 1. The molecule has 196 valence electrons. The molecule has 3 heterocycles. The van der Waals surface area contributed by atoms with E-state index in [1.54, 1.807) is 24.6 Å². The first kappa shape index (κ1) is 25.7. The summed E-state index contributed by atoms with van der Waals surface area (Å²) >= 11 is 1.69. The van der Waals surface area contributed by atoms with E-state index in [-0.39, 0.29) is 5.91 Å². The zero-order valence-electron chi connectivity index (χ0n) is 21.9. The van der Waals surface area contributed by atoms with Crippen molar-refractivity contribution in [1.82, 2.24) is 14.9 Å². The van der Waals surface area contributed by atoms with Crippen molar-refractivity contribution < 1.29 is 9.53 Å². The van der Waals surface area contributed by atoms with E-state index in [1.165, 1.54) is 10.8 Å². The number of piperidine rings is 1. The van der Waals surface area contributed by atoms with Gasteiger partial charge in [-0.2, -0.15) is 0 Å². The number of ether oxygens (including phenoxy) is 1. The first-order valence-electron chi connectivity index (χ1n) is 12.6. The fraction of sp³-hybridized carbons (Fsp3) is 0.276. The summed E-state index contributed by atoms with van der Waals surface area (Å²) in [6.07, 6.45) is 5.11. The van der Waals surface area contributed by atoms with Crippen LogP contribution in [0.1, 0.15) is 12.8 Å².